The first kappa shape index (κ1) is 15.1. The Morgan fingerprint density at radius 1 is 1.43 bits per heavy atom. The molecule has 3 aliphatic rings. The van der Waals surface area contributed by atoms with Crippen molar-refractivity contribution in [2.24, 2.45) is 18.4 Å². The van der Waals surface area contributed by atoms with Crippen molar-refractivity contribution in [3.8, 4) is 0 Å². The second-order valence-electron chi connectivity index (χ2n) is 7.53. The quantitative estimate of drug-likeness (QED) is 0.823. The first-order valence-corrected chi connectivity index (χ1v) is 8.67. The normalized spacial score (nSPS) is 30.1. The van der Waals surface area contributed by atoms with Crippen LogP contribution < -0.4 is 0 Å². The Morgan fingerprint density at radius 3 is 2.87 bits per heavy atom. The van der Waals surface area contributed by atoms with Crippen LogP contribution in [-0.2, 0) is 16.6 Å². The number of amides is 1. The summed E-state index contributed by atoms with van der Waals surface area (Å²) in [4.78, 5) is 22.0. The summed E-state index contributed by atoms with van der Waals surface area (Å²) in [6.45, 7) is 8.38. The van der Waals surface area contributed by atoms with Gasteiger partial charge in [-0.25, -0.2) is 4.98 Å². The zero-order chi connectivity index (χ0) is 16.0. The standard InChI is InChI=1S/C17H26N4O2/c1-3-20-6-13(15-8-19(2)12-18-15)14(7-20)16(22)21-9-17(10-21)4-5-23-11-17/h8,12-14H,3-7,9-11H2,1-2H3/t13-,14-/m1/s1. The van der Waals surface area contributed by atoms with Crippen molar-refractivity contribution in [2.75, 3.05) is 45.9 Å². The molecule has 0 aliphatic carbocycles. The second-order valence-corrected chi connectivity index (χ2v) is 7.53. The van der Waals surface area contributed by atoms with Crippen LogP contribution in [0.25, 0.3) is 0 Å². The Bertz CT molecular complexity index is 585. The van der Waals surface area contributed by atoms with Gasteiger partial charge in [-0.05, 0) is 13.0 Å². The average molecular weight is 318 g/mol. The number of aryl methyl sites for hydroxylation is 1. The Hall–Kier alpha value is -1.40. The minimum absolute atomic E-state index is 0.0459. The van der Waals surface area contributed by atoms with Crippen molar-refractivity contribution >= 4 is 5.91 Å². The van der Waals surface area contributed by atoms with E-state index in [-0.39, 0.29) is 17.3 Å². The molecule has 1 spiro atoms. The van der Waals surface area contributed by atoms with E-state index < -0.39 is 0 Å². The van der Waals surface area contributed by atoms with Gasteiger partial charge in [0, 0.05) is 57.4 Å². The third-order valence-electron chi connectivity index (χ3n) is 5.81. The van der Waals surface area contributed by atoms with E-state index in [9.17, 15) is 4.79 Å². The monoisotopic (exact) mass is 318 g/mol. The molecular weight excluding hydrogens is 292 g/mol. The summed E-state index contributed by atoms with van der Waals surface area (Å²) >= 11 is 0. The predicted octanol–water partition coefficient (Wildman–Crippen LogP) is 0.704. The van der Waals surface area contributed by atoms with Gasteiger partial charge in [-0.1, -0.05) is 6.92 Å². The summed E-state index contributed by atoms with van der Waals surface area (Å²) < 4.78 is 7.50. The van der Waals surface area contributed by atoms with Gasteiger partial charge in [-0.2, -0.15) is 0 Å². The number of likely N-dealkylation sites (N-methyl/N-ethyl adjacent to an activating group) is 1. The van der Waals surface area contributed by atoms with Gasteiger partial charge in [0.05, 0.1) is 24.5 Å². The molecule has 0 unspecified atom stereocenters. The first-order valence-electron chi connectivity index (χ1n) is 8.67. The summed E-state index contributed by atoms with van der Waals surface area (Å²) in [5, 5.41) is 0. The van der Waals surface area contributed by atoms with Gasteiger partial charge in [0.2, 0.25) is 5.91 Å². The summed E-state index contributed by atoms with van der Waals surface area (Å²) in [6.07, 6.45) is 5.00. The zero-order valence-corrected chi connectivity index (χ0v) is 14.1. The molecule has 0 N–H and O–H groups in total. The molecule has 3 aliphatic heterocycles. The number of likely N-dealkylation sites (tertiary alicyclic amines) is 2. The van der Waals surface area contributed by atoms with Crippen LogP contribution in [0.3, 0.4) is 0 Å². The minimum atomic E-state index is 0.0459. The van der Waals surface area contributed by atoms with E-state index in [2.05, 4.69) is 27.9 Å². The highest BCUT2D eigenvalue weighted by molar-refractivity contribution is 5.81. The van der Waals surface area contributed by atoms with Gasteiger partial charge < -0.3 is 19.1 Å². The minimum Gasteiger partial charge on any atom is -0.381 e. The number of nitrogens with zero attached hydrogens (tertiary/aromatic N) is 4. The predicted molar refractivity (Wildman–Crippen MR) is 86.0 cm³/mol. The molecule has 0 radical (unpaired) electrons. The van der Waals surface area contributed by atoms with Gasteiger partial charge >= 0.3 is 0 Å². The topological polar surface area (TPSA) is 50.6 Å². The molecule has 2 atom stereocenters. The Labute approximate surface area is 137 Å². The molecule has 0 saturated carbocycles. The lowest BCUT2D eigenvalue weighted by molar-refractivity contribution is -0.148. The molecule has 3 saturated heterocycles. The van der Waals surface area contributed by atoms with E-state index in [1.807, 2.05) is 17.9 Å². The number of hydrogen-bond acceptors (Lipinski definition) is 4. The van der Waals surface area contributed by atoms with Crippen molar-refractivity contribution in [2.45, 2.75) is 19.3 Å². The van der Waals surface area contributed by atoms with Crippen LogP contribution in [-0.4, -0.2) is 71.2 Å². The Morgan fingerprint density at radius 2 is 2.26 bits per heavy atom. The molecule has 0 aromatic carbocycles. The summed E-state index contributed by atoms with van der Waals surface area (Å²) in [6, 6.07) is 0. The van der Waals surface area contributed by atoms with Crippen LogP contribution in [0, 0.1) is 11.3 Å². The SMILES string of the molecule is CCN1C[C@@H](C(=O)N2CC3(CCOC3)C2)[C@H](c2cn(C)cn2)C1. The molecule has 4 heterocycles. The Balaban J connectivity index is 1.48. The van der Waals surface area contributed by atoms with Crippen LogP contribution in [0.15, 0.2) is 12.5 Å². The van der Waals surface area contributed by atoms with Crippen LogP contribution in [0.4, 0.5) is 0 Å². The number of aromatic nitrogens is 2. The van der Waals surface area contributed by atoms with Gasteiger partial charge in [0.15, 0.2) is 0 Å². The summed E-state index contributed by atoms with van der Waals surface area (Å²) in [5.74, 6) is 0.582. The van der Waals surface area contributed by atoms with Crippen molar-refractivity contribution in [3.63, 3.8) is 0 Å². The van der Waals surface area contributed by atoms with E-state index in [1.165, 1.54) is 0 Å². The van der Waals surface area contributed by atoms with E-state index in [0.29, 0.717) is 5.91 Å². The van der Waals surface area contributed by atoms with E-state index in [1.54, 1.807) is 0 Å². The molecule has 6 nitrogen and oxygen atoms in total. The molecule has 23 heavy (non-hydrogen) atoms. The molecule has 3 fully saturated rings. The number of rotatable bonds is 3. The maximum absolute atomic E-state index is 13.0. The fourth-order valence-electron chi connectivity index (χ4n) is 4.37. The fourth-order valence-corrected chi connectivity index (χ4v) is 4.37. The molecule has 0 bridgehead atoms. The average Bonchev–Trinajstić information content (AvgIpc) is 3.23. The van der Waals surface area contributed by atoms with Crippen molar-refractivity contribution < 1.29 is 9.53 Å². The number of imidazole rings is 1. The zero-order valence-electron chi connectivity index (χ0n) is 14.1. The lowest BCUT2D eigenvalue weighted by atomic mass is 9.78. The van der Waals surface area contributed by atoms with E-state index >= 15 is 0 Å². The van der Waals surface area contributed by atoms with Gasteiger partial charge in [0.25, 0.3) is 0 Å². The Kier molecular flexibility index (Phi) is 3.69. The largest absolute Gasteiger partial charge is 0.381 e. The van der Waals surface area contributed by atoms with Gasteiger partial charge in [-0.3, -0.25) is 4.79 Å². The fraction of sp³-hybridized carbons (Fsp3) is 0.765. The highest BCUT2D eigenvalue weighted by Crippen LogP contribution is 2.41. The van der Waals surface area contributed by atoms with Crippen LogP contribution in [0.2, 0.25) is 0 Å². The van der Waals surface area contributed by atoms with Crippen LogP contribution >= 0.6 is 0 Å². The van der Waals surface area contributed by atoms with E-state index in [4.69, 9.17) is 4.74 Å². The molecule has 6 heteroatoms. The highest BCUT2D eigenvalue weighted by atomic mass is 16.5. The smallest absolute Gasteiger partial charge is 0.227 e. The van der Waals surface area contributed by atoms with Crippen molar-refractivity contribution in [1.82, 2.24) is 19.4 Å². The van der Waals surface area contributed by atoms with Crippen LogP contribution in [0.5, 0.6) is 0 Å². The van der Waals surface area contributed by atoms with Crippen molar-refractivity contribution in [3.05, 3.63) is 18.2 Å². The molecular formula is C17H26N4O2. The third-order valence-corrected chi connectivity index (χ3v) is 5.81. The molecule has 4 rings (SSSR count). The number of hydrogen-bond donors (Lipinski definition) is 0. The number of ether oxygens (including phenoxy) is 1. The molecule has 1 amide bonds. The molecule has 1 aromatic heterocycles. The summed E-state index contributed by atoms with van der Waals surface area (Å²) in [7, 11) is 1.99. The van der Waals surface area contributed by atoms with Crippen molar-refractivity contribution in [1.29, 1.82) is 0 Å². The number of carbonyl (C=O) groups excluding carboxylic acids is 1. The highest BCUT2D eigenvalue weighted by Gasteiger charge is 2.50. The second kappa shape index (κ2) is 5.60. The maximum atomic E-state index is 13.0. The maximum Gasteiger partial charge on any atom is 0.227 e. The third kappa shape index (κ3) is 2.58. The molecule has 126 valence electrons. The van der Waals surface area contributed by atoms with Gasteiger partial charge in [0.1, 0.15) is 0 Å². The van der Waals surface area contributed by atoms with Gasteiger partial charge in [-0.15, -0.1) is 0 Å². The summed E-state index contributed by atoms with van der Waals surface area (Å²) in [5.41, 5.74) is 1.32. The van der Waals surface area contributed by atoms with E-state index in [0.717, 1.165) is 58.1 Å². The lowest BCUT2D eigenvalue weighted by Gasteiger charge is -2.48. The lowest BCUT2D eigenvalue weighted by Crippen LogP contribution is -2.60. The van der Waals surface area contributed by atoms with Crippen LogP contribution in [0.1, 0.15) is 25.0 Å². The molecule has 1 aromatic rings. The number of carbonyl (C=O) groups is 1. The first-order chi connectivity index (χ1) is 11.1.